The van der Waals surface area contributed by atoms with Crippen molar-refractivity contribution in [2.75, 3.05) is 23.0 Å². The van der Waals surface area contributed by atoms with E-state index in [4.69, 9.17) is 20.9 Å². The molecule has 0 bridgehead atoms. The smallest absolute Gasteiger partial charge is 0.263 e. The molecule has 0 aliphatic heterocycles. The largest absolute Gasteiger partial charge is 0.494 e. The Labute approximate surface area is 214 Å². The molecule has 2 heterocycles. The van der Waals surface area contributed by atoms with Gasteiger partial charge in [-0.05, 0) is 44.2 Å². The lowest BCUT2D eigenvalue weighted by Gasteiger charge is -2.06. The van der Waals surface area contributed by atoms with Crippen LogP contribution in [-0.4, -0.2) is 39.5 Å². The summed E-state index contributed by atoms with van der Waals surface area (Å²) < 4.78 is 11.2. The molecule has 0 saturated heterocycles. The molecule has 4 rings (SSSR count). The number of hydrogen-bond acceptors (Lipinski definition) is 9. The van der Waals surface area contributed by atoms with E-state index in [1.807, 2.05) is 6.92 Å². The molecule has 0 fully saturated rings. The zero-order valence-electron chi connectivity index (χ0n) is 18.7. The van der Waals surface area contributed by atoms with Crippen molar-refractivity contribution in [3.63, 3.8) is 0 Å². The fraction of sp³-hybridized carbons (Fsp3) is 0.174. The van der Waals surface area contributed by atoms with E-state index in [2.05, 4.69) is 26.0 Å². The topological polar surface area (TPSA) is 119 Å². The average Bonchev–Trinajstić information content (AvgIpc) is 3.45. The summed E-state index contributed by atoms with van der Waals surface area (Å²) in [5.74, 6) is 0.590. The maximum Gasteiger partial charge on any atom is 0.263 e. The van der Waals surface area contributed by atoms with E-state index >= 15 is 0 Å². The first-order valence-corrected chi connectivity index (χ1v) is 12.6. The summed E-state index contributed by atoms with van der Waals surface area (Å²) in [6, 6.07) is 14.2. The lowest BCUT2D eigenvalue weighted by molar-refractivity contribution is -0.113. The SMILES string of the molecule is CCOc1ccc(NC(=O)CSc2nnc(NC(=O)c3c(-c4ccccc4Cl)noc3C)s2)cc1. The highest BCUT2D eigenvalue weighted by molar-refractivity contribution is 8.01. The second-order valence-electron chi connectivity index (χ2n) is 7.06. The van der Waals surface area contributed by atoms with Crippen LogP contribution in [0.1, 0.15) is 23.0 Å². The molecule has 0 atom stereocenters. The van der Waals surface area contributed by atoms with E-state index in [9.17, 15) is 9.59 Å². The number of amides is 2. The molecule has 180 valence electrons. The van der Waals surface area contributed by atoms with Crippen LogP contribution in [0.5, 0.6) is 5.75 Å². The molecule has 0 spiro atoms. The van der Waals surface area contributed by atoms with Crippen molar-refractivity contribution in [2.24, 2.45) is 0 Å². The minimum absolute atomic E-state index is 0.136. The Balaban J connectivity index is 1.35. The van der Waals surface area contributed by atoms with Gasteiger partial charge < -0.3 is 14.6 Å². The summed E-state index contributed by atoms with van der Waals surface area (Å²) in [6.07, 6.45) is 0. The van der Waals surface area contributed by atoms with E-state index in [0.717, 1.165) is 17.1 Å². The Bertz CT molecular complexity index is 1340. The fourth-order valence-corrected chi connectivity index (χ4v) is 4.85. The van der Waals surface area contributed by atoms with Crippen LogP contribution in [0.25, 0.3) is 11.3 Å². The number of ether oxygens (including phenoxy) is 1. The number of halogens is 1. The number of aromatic nitrogens is 3. The van der Waals surface area contributed by atoms with Crippen molar-refractivity contribution < 1.29 is 18.8 Å². The minimum Gasteiger partial charge on any atom is -0.494 e. The molecule has 0 unspecified atom stereocenters. The van der Waals surface area contributed by atoms with E-state index in [1.54, 1.807) is 55.5 Å². The third-order valence-corrected chi connectivity index (χ3v) is 6.92. The van der Waals surface area contributed by atoms with E-state index in [0.29, 0.717) is 38.7 Å². The van der Waals surface area contributed by atoms with Gasteiger partial charge in [0.2, 0.25) is 11.0 Å². The van der Waals surface area contributed by atoms with Gasteiger partial charge in [-0.2, -0.15) is 0 Å². The van der Waals surface area contributed by atoms with Crippen LogP contribution in [0.15, 0.2) is 57.4 Å². The Morgan fingerprint density at radius 2 is 1.89 bits per heavy atom. The summed E-state index contributed by atoms with van der Waals surface area (Å²) in [5, 5.41) is 18.3. The van der Waals surface area contributed by atoms with Gasteiger partial charge in [0.1, 0.15) is 22.8 Å². The van der Waals surface area contributed by atoms with Crippen LogP contribution in [-0.2, 0) is 4.79 Å². The molecule has 4 aromatic rings. The molecular formula is C23H20ClN5O4S2. The van der Waals surface area contributed by atoms with Crippen LogP contribution in [0, 0.1) is 6.92 Å². The van der Waals surface area contributed by atoms with Crippen LogP contribution < -0.4 is 15.4 Å². The average molecular weight is 530 g/mol. The number of hydrogen-bond donors (Lipinski definition) is 2. The molecule has 12 heteroatoms. The zero-order chi connectivity index (χ0) is 24.8. The number of carbonyl (C=O) groups is 2. The normalized spacial score (nSPS) is 10.7. The van der Waals surface area contributed by atoms with Gasteiger partial charge in [0, 0.05) is 11.3 Å². The highest BCUT2D eigenvalue weighted by Crippen LogP contribution is 2.32. The van der Waals surface area contributed by atoms with Crippen molar-refractivity contribution in [1.82, 2.24) is 15.4 Å². The van der Waals surface area contributed by atoms with Gasteiger partial charge in [0.25, 0.3) is 5.91 Å². The number of benzene rings is 2. The van der Waals surface area contributed by atoms with Gasteiger partial charge >= 0.3 is 0 Å². The Kier molecular flexibility index (Phi) is 8.01. The molecular weight excluding hydrogens is 510 g/mol. The van der Waals surface area contributed by atoms with Gasteiger partial charge in [0.15, 0.2) is 4.34 Å². The number of thioether (sulfide) groups is 1. The molecule has 0 radical (unpaired) electrons. The fourth-order valence-electron chi connectivity index (χ4n) is 3.08. The first-order valence-electron chi connectivity index (χ1n) is 10.5. The van der Waals surface area contributed by atoms with E-state index in [1.165, 1.54) is 11.8 Å². The number of aryl methyl sites for hydroxylation is 1. The standard InChI is InChI=1S/C23H20ClN5O4S2/c1-3-32-15-10-8-14(9-11-15)25-18(30)12-34-23-28-27-22(35-23)26-21(31)19-13(2)33-29-20(19)16-6-4-5-7-17(16)24/h4-11H,3,12H2,1-2H3,(H,25,30)(H,26,27,31). The van der Waals surface area contributed by atoms with Gasteiger partial charge in [-0.25, -0.2) is 0 Å². The number of rotatable bonds is 9. The predicted molar refractivity (Wildman–Crippen MR) is 137 cm³/mol. The van der Waals surface area contributed by atoms with E-state index < -0.39 is 5.91 Å². The van der Waals surface area contributed by atoms with Crippen molar-refractivity contribution in [1.29, 1.82) is 0 Å². The zero-order valence-corrected chi connectivity index (χ0v) is 21.1. The Hall–Kier alpha value is -3.41. The van der Waals surface area contributed by atoms with Gasteiger partial charge in [-0.3, -0.25) is 14.9 Å². The summed E-state index contributed by atoms with van der Waals surface area (Å²) >= 11 is 8.64. The third kappa shape index (κ3) is 6.18. The van der Waals surface area contributed by atoms with Crippen LogP contribution in [0.3, 0.4) is 0 Å². The quantitative estimate of drug-likeness (QED) is 0.214. The highest BCUT2D eigenvalue weighted by atomic mass is 35.5. The monoisotopic (exact) mass is 529 g/mol. The molecule has 0 aliphatic rings. The first kappa shape index (κ1) is 24.7. The lowest BCUT2D eigenvalue weighted by atomic mass is 10.1. The second-order valence-corrected chi connectivity index (χ2v) is 9.67. The summed E-state index contributed by atoms with van der Waals surface area (Å²) in [6.45, 7) is 4.13. The number of nitrogens with zero attached hydrogens (tertiary/aromatic N) is 3. The Morgan fingerprint density at radius 1 is 1.11 bits per heavy atom. The van der Waals surface area contributed by atoms with Gasteiger partial charge in [-0.15, -0.1) is 10.2 Å². The molecule has 2 aromatic carbocycles. The van der Waals surface area contributed by atoms with Crippen LogP contribution in [0.2, 0.25) is 5.02 Å². The van der Waals surface area contributed by atoms with Crippen LogP contribution >= 0.6 is 34.7 Å². The summed E-state index contributed by atoms with van der Waals surface area (Å²) in [5.41, 5.74) is 1.86. The third-order valence-electron chi connectivity index (χ3n) is 4.62. The molecule has 2 N–H and O–H groups in total. The lowest BCUT2D eigenvalue weighted by Crippen LogP contribution is -2.13. The highest BCUT2D eigenvalue weighted by Gasteiger charge is 2.24. The van der Waals surface area contributed by atoms with Crippen molar-refractivity contribution in [2.45, 2.75) is 18.2 Å². The predicted octanol–water partition coefficient (Wildman–Crippen LogP) is 5.54. The number of nitrogens with one attached hydrogen (secondary N) is 2. The van der Waals surface area contributed by atoms with Crippen molar-refractivity contribution >= 4 is 57.3 Å². The molecule has 35 heavy (non-hydrogen) atoms. The maximum atomic E-state index is 12.9. The van der Waals surface area contributed by atoms with Crippen LogP contribution in [0.4, 0.5) is 10.8 Å². The van der Waals surface area contributed by atoms with Crippen molar-refractivity contribution in [3.05, 3.63) is 64.9 Å². The van der Waals surface area contributed by atoms with E-state index in [-0.39, 0.29) is 22.4 Å². The molecule has 9 nitrogen and oxygen atoms in total. The molecule has 2 aromatic heterocycles. The molecule has 0 aliphatic carbocycles. The van der Waals surface area contributed by atoms with Gasteiger partial charge in [-0.1, -0.05) is 58.1 Å². The minimum atomic E-state index is -0.445. The number of carbonyl (C=O) groups excluding carboxylic acids is 2. The Morgan fingerprint density at radius 3 is 2.63 bits per heavy atom. The first-order chi connectivity index (χ1) is 16.9. The summed E-state index contributed by atoms with van der Waals surface area (Å²) in [4.78, 5) is 25.2. The maximum absolute atomic E-state index is 12.9. The number of anilines is 2. The summed E-state index contributed by atoms with van der Waals surface area (Å²) in [7, 11) is 0. The second kappa shape index (κ2) is 11.3. The molecule has 0 saturated carbocycles. The van der Waals surface area contributed by atoms with Gasteiger partial charge in [0.05, 0.1) is 17.4 Å². The van der Waals surface area contributed by atoms with Crippen molar-refractivity contribution in [3.8, 4) is 17.0 Å². The molecule has 2 amide bonds.